The lowest BCUT2D eigenvalue weighted by Crippen LogP contribution is -2.38. The highest BCUT2D eigenvalue weighted by molar-refractivity contribution is 5.99. The van der Waals surface area contributed by atoms with Gasteiger partial charge in [-0.3, -0.25) is 19.5 Å². The second kappa shape index (κ2) is 11.6. The summed E-state index contributed by atoms with van der Waals surface area (Å²) < 4.78 is 12.4. The van der Waals surface area contributed by atoms with Gasteiger partial charge in [-0.1, -0.05) is 12.1 Å². The number of methoxy groups -OCH3 is 2. The van der Waals surface area contributed by atoms with Crippen molar-refractivity contribution >= 4 is 17.8 Å². The van der Waals surface area contributed by atoms with Crippen LogP contribution in [0.2, 0.25) is 0 Å². The Morgan fingerprint density at radius 1 is 0.921 bits per heavy atom. The summed E-state index contributed by atoms with van der Waals surface area (Å²) in [7, 11) is 3.17. The number of anilines is 1. The lowest BCUT2D eigenvalue weighted by molar-refractivity contribution is -0.116. The van der Waals surface area contributed by atoms with E-state index in [9.17, 15) is 9.59 Å². The van der Waals surface area contributed by atoms with Crippen LogP contribution in [0.5, 0.6) is 11.5 Å². The number of nitrogens with zero attached hydrogens (tertiary/aromatic N) is 3. The number of carbonyl (C=O) groups excluding carboxylic acids is 2. The SMILES string of the molecule is CCN(CC(=O)Nc1nc(-c2ccc(OC)cc2)cn1-c1ccc(C)c(C)c1)C(=O)c1cccc(OC)c1. The molecule has 4 aromatic rings. The fraction of sp³-hybridized carbons (Fsp3) is 0.233. The van der Waals surface area contributed by atoms with Crippen LogP contribution in [0.25, 0.3) is 16.9 Å². The average molecular weight is 513 g/mol. The minimum absolute atomic E-state index is 0.121. The quantitative estimate of drug-likeness (QED) is 0.330. The molecule has 0 atom stereocenters. The summed E-state index contributed by atoms with van der Waals surface area (Å²) in [5.41, 5.74) is 5.20. The molecule has 0 aliphatic carbocycles. The van der Waals surface area contributed by atoms with E-state index in [0.717, 1.165) is 22.6 Å². The first kappa shape index (κ1) is 26.5. The van der Waals surface area contributed by atoms with Crippen molar-refractivity contribution < 1.29 is 19.1 Å². The van der Waals surface area contributed by atoms with Crippen LogP contribution in [-0.4, -0.2) is 53.6 Å². The molecule has 0 spiro atoms. The van der Waals surface area contributed by atoms with Gasteiger partial charge in [-0.15, -0.1) is 0 Å². The van der Waals surface area contributed by atoms with Gasteiger partial charge in [0.15, 0.2) is 0 Å². The van der Waals surface area contributed by atoms with Crippen LogP contribution in [0.1, 0.15) is 28.4 Å². The third-order valence-electron chi connectivity index (χ3n) is 6.43. The summed E-state index contributed by atoms with van der Waals surface area (Å²) in [5.74, 6) is 1.10. The molecule has 1 aromatic heterocycles. The summed E-state index contributed by atoms with van der Waals surface area (Å²) >= 11 is 0. The number of benzene rings is 3. The highest BCUT2D eigenvalue weighted by Gasteiger charge is 2.20. The number of rotatable bonds is 9. The lowest BCUT2D eigenvalue weighted by atomic mass is 10.1. The van der Waals surface area contributed by atoms with Crippen LogP contribution in [0.4, 0.5) is 5.95 Å². The van der Waals surface area contributed by atoms with Gasteiger partial charge in [0.1, 0.15) is 18.0 Å². The molecule has 0 bridgehead atoms. The van der Waals surface area contributed by atoms with Crippen LogP contribution in [0.3, 0.4) is 0 Å². The largest absolute Gasteiger partial charge is 0.497 e. The molecule has 1 heterocycles. The van der Waals surface area contributed by atoms with Crippen LogP contribution in [-0.2, 0) is 4.79 Å². The number of aryl methyl sites for hydroxylation is 2. The second-order valence-corrected chi connectivity index (χ2v) is 8.92. The third kappa shape index (κ3) is 5.86. The summed E-state index contributed by atoms with van der Waals surface area (Å²) in [6.45, 7) is 6.18. The Morgan fingerprint density at radius 2 is 1.66 bits per heavy atom. The van der Waals surface area contributed by atoms with E-state index in [4.69, 9.17) is 14.5 Å². The number of imidazole rings is 1. The van der Waals surface area contributed by atoms with Gasteiger partial charge in [0.05, 0.1) is 19.9 Å². The molecule has 0 aliphatic heterocycles. The Labute approximate surface area is 222 Å². The van der Waals surface area contributed by atoms with E-state index in [0.29, 0.717) is 29.5 Å². The Kier molecular flexibility index (Phi) is 8.11. The number of ether oxygens (including phenoxy) is 2. The highest BCUT2D eigenvalue weighted by Crippen LogP contribution is 2.27. The first-order valence-corrected chi connectivity index (χ1v) is 12.4. The maximum atomic E-state index is 13.2. The van der Waals surface area contributed by atoms with Crippen LogP contribution >= 0.6 is 0 Å². The van der Waals surface area contributed by atoms with Gasteiger partial charge in [0.2, 0.25) is 11.9 Å². The van der Waals surface area contributed by atoms with Crippen molar-refractivity contribution in [3.8, 4) is 28.4 Å². The molecular formula is C30H32N4O4. The Hall–Kier alpha value is -4.59. The molecule has 8 nitrogen and oxygen atoms in total. The number of hydrogen-bond donors (Lipinski definition) is 1. The minimum Gasteiger partial charge on any atom is -0.497 e. The normalized spacial score (nSPS) is 10.7. The summed E-state index contributed by atoms with van der Waals surface area (Å²) in [5, 5.41) is 2.92. The molecule has 8 heteroatoms. The van der Waals surface area contributed by atoms with E-state index in [1.54, 1.807) is 38.5 Å². The van der Waals surface area contributed by atoms with E-state index in [-0.39, 0.29) is 18.4 Å². The summed E-state index contributed by atoms with van der Waals surface area (Å²) in [6.07, 6.45) is 1.89. The molecule has 2 amide bonds. The smallest absolute Gasteiger partial charge is 0.254 e. The van der Waals surface area contributed by atoms with Gasteiger partial charge in [0.25, 0.3) is 5.91 Å². The van der Waals surface area contributed by atoms with Crippen LogP contribution in [0, 0.1) is 13.8 Å². The van der Waals surface area contributed by atoms with E-state index in [2.05, 4.69) is 18.3 Å². The van der Waals surface area contributed by atoms with Crippen molar-refractivity contribution in [2.45, 2.75) is 20.8 Å². The lowest BCUT2D eigenvalue weighted by Gasteiger charge is -2.20. The zero-order valence-electron chi connectivity index (χ0n) is 22.3. The van der Waals surface area contributed by atoms with E-state index in [1.165, 1.54) is 10.5 Å². The fourth-order valence-electron chi connectivity index (χ4n) is 4.05. The fourth-order valence-corrected chi connectivity index (χ4v) is 4.05. The molecule has 0 saturated heterocycles. The van der Waals surface area contributed by atoms with Gasteiger partial charge in [-0.25, -0.2) is 4.98 Å². The monoisotopic (exact) mass is 512 g/mol. The number of aromatic nitrogens is 2. The summed E-state index contributed by atoms with van der Waals surface area (Å²) in [4.78, 5) is 32.5. The van der Waals surface area contributed by atoms with Crippen molar-refractivity contribution in [1.82, 2.24) is 14.5 Å². The first-order valence-electron chi connectivity index (χ1n) is 12.4. The Morgan fingerprint density at radius 3 is 2.32 bits per heavy atom. The van der Waals surface area contributed by atoms with E-state index >= 15 is 0 Å². The average Bonchev–Trinajstić information content (AvgIpc) is 3.36. The van der Waals surface area contributed by atoms with Crippen molar-refractivity contribution in [3.63, 3.8) is 0 Å². The zero-order chi connectivity index (χ0) is 27.2. The zero-order valence-corrected chi connectivity index (χ0v) is 22.3. The first-order chi connectivity index (χ1) is 18.3. The van der Waals surface area contributed by atoms with Gasteiger partial charge in [-0.2, -0.15) is 0 Å². The predicted octanol–water partition coefficient (Wildman–Crippen LogP) is 5.27. The second-order valence-electron chi connectivity index (χ2n) is 8.92. The topological polar surface area (TPSA) is 85.7 Å². The minimum atomic E-state index is -0.347. The molecule has 38 heavy (non-hydrogen) atoms. The van der Waals surface area contributed by atoms with E-state index in [1.807, 2.05) is 61.0 Å². The predicted molar refractivity (Wildman–Crippen MR) is 148 cm³/mol. The maximum Gasteiger partial charge on any atom is 0.254 e. The standard InChI is InChI=1S/C30H32N4O4/c1-6-33(29(36)23-8-7-9-26(17-23)38-5)19-28(35)32-30-31-27(22-11-14-25(37-4)15-12-22)18-34(30)24-13-10-20(2)21(3)16-24/h7-18H,6,19H2,1-5H3,(H,31,32,35). The summed E-state index contributed by atoms with van der Waals surface area (Å²) in [6, 6.07) is 20.5. The highest BCUT2D eigenvalue weighted by atomic mass is 16.5. The number of hydrogen-bond acceptors (Lipinski definition) is 5. The molecule has 0 aliphatic rings. The number of amides is 2. The van der Waals surface area contributed by atoms with Crippen molar-refractivity contribution in [1.29, 1.82) is 0 Å². The molecule has 0 saturated carbocycles. The number of nitrogens with one attached hydrogen (secondary N) is 1. The Balaban J connectivity index is 1.61. The number of likely N-dealkylation sites (N-methyl/N-ethyl adjacent to an activating group) is 1. The van der Waals surface area contributed by atoms with Crippen molar-refractivity contribution in [2.24, 2.45) is 0 Å². The van der Waals surface area contributed by atoms with Gasteiger partial charge in [-0.05, 0) is 86.5 Å². The Bertz CT molecular complexity index is 1440. The molecule has 1 N–H and O–H groups in total. The molecule has 0 unspecified atom stereocenters. The third-order valence-corrected chi connectivity index (χ3v) is 6.43. The molecule has 0 radical (unpaired) electrons. The molecule has 0 fully saturated rings. The van der Waals surface area contributed by atoms with Crippen LogP contribution in [0.15, 0.2) is 72.9 Å². The molecule has 196 valence electrons. The molecular weight excluding hydrogens is 480 g/mol. The molecule has 4 rings (SSSR count). The van der Waals surface area contributed by atoms with E-state index < -0.39 is 0 Å². The van der Waals surface area contributed by atoms with Crippen molar-refractivity contribution in [3.05, 3.63) is 89.6 Å². The molecule has 3 aromatic carbocycles. The van der Waals surface area contributed by atoms with Crippen molar-refractivity contribution in [2.75, 3.05) is 32.6 Å². The van der Waals surface area contributed by atoms with Gasteiger partial charge < -0.3 is 14.4 Å². The maximum absolute atomic E-state index is 13.2. The van der Waals surface area contributed by atoms with Gasteiger partial charge >= 0.3 is 0 Å². The van der Waals surface area contributed by atoms with Crippen LogP contribution < -0.4 is 14.8 Å². The van der Waals surface area contributed by atoms with Gasteiger partial charge in [0, 0.05) is 29.6 Å². The number of carbonyl (C=O) groups is 2.